The van der Waals surface area contributed by atoms with Gasteiger partial charge in [-0.05, 0) is 74.0 Å². The van der Waals surface area contributed by atoms with Gasteiger partial charge in [0.2, 0.25) is 41.4 Å². The lowest BCUT2D eigenvalue weighted by Crippen LogP contribution is -2.61. The van der Waals surface area contributed by atoms with Crippen molar-refractivity contribution in [2.75, 3.05) is 0 Å². The van der Waals surface area contributed by atoms with Crippen LogP contribution in [0.5, 0.6) is 0 Å². The van der Waals surface area contributed by atoms with Gasteiger partial charge in [-0.25, -0.2) is 4.79 Å². The van der Waals surface area contributed by atoms with Gasteiger partial charge in [0.05, 0.1) is 18.9 Å². The van der Waals surface area contributed by atoms with Crippen molar-refractivity contribution in [2.45, 2.75) is 234 Å². The third-order valence-corrected chi connectivity index (χ3v) is 12.3. The van der Waals surface area contributed by atoms with Gasteiger partial charge in [0.15, 0.2) is 0 Å². The SMILES string of the molecule is CC[C@H](C)CCCCCCC[C@@H](O)CC(=O)N[C@@H](CCC(=O)O)C(=O)N[C@@H](CC(C)C)C(=O)N[C@@H](CC(C)C)C(=O)N[C@@H](C(=O)N[C@@H](CC(=O)O)C(=O)N[C@@H](CC(C)C)C(=O)N[C@@H](CC(C)C)C(=O)O)C(C)C. The van der Waals surface area contributed by atoms with E-state index in [4.69, 9.17) is 0 Å². The summed E-state index contributed by atoms with van der Waals surface area (Å²) in [7, 11) is 0. The molecule has 73 heavy (non-hydrogen) atoms. The number of hydrogen-bond acceptors (Lipinski definition) is 11. The summed E-state index contributed by atoms with van der Waals surface area (Å²) >= 11 is 0. The van der Waals surface area contributed by atoms with Crippen molar-refractivity contribution in [1.29, 1.82) is 0 Å². The van der Waals surface area contributed by atoms with E-state index < -0.39 is 126 Å². The van der Waals surface area contributed by atoms with Crippen molar-refractivity contribution in [3.05, 3.63) is 0 Å². The minimum absolute atomic E-state index is 0.0423. The van der Waals surface area contributed by atoms with E-state index in [-0.39, 0.29) is 62.2 Å². The Bertz CT molecular complexity index is 1770. The van der Waals surface area contributed by atoms with Crippen molar-refractivity contribution in [2.24, 2.45) is 35.5 Å². The number of rotatable bonds is 39. The van der Waals surface area contributed by atoms with E-state index in [1.54, 1.807) is 69.2 Å². The predicted molar refractivity (Wildman–Crippen MR) is 275 cm³/mol. The Balaban J connectivity index is 6.27. The Morgan fingerprint density at radius 1 is 0.397 bits per heavy atom. The molecule has 0 spiro atoms. The Labute approximate surface area is 433 Å². The standard InChI is InChI=1S/C52H93N7O14/c1-13-34(12)19-17-15-14-16-18-20-35(60)27-42(61)53-36(21-22-43(62)63)46(66)54-37(23-29(2)3)47(67)56-39(25-31(6)7)50(70)59-45(33(10)11)51(71)57-40(28-44(64)65)49(69)55-38(24-30(4)5)48(68)58-41(52(72)73)26-32(8)9/h29-41,45,60H,13-28H2,1-12H3,(H,53,61)(H,54,66)(H,55,69)(H,56,67)(H,57,71)(H,58,68)(H,59,70)(H,62,63)(H,64,65)(H,72,73)/t34-,35+,36-,37-,38-,39-,40-,41-,45+/m0/s1. The van der Waals surface area contributed by atoms with Crippen LogP contribution in [0.1, 0.15) is 186 Å². The zero-order valence-corrected chi connectivity index (χ0v) is 45.8. The highest BCUT2D eigenvalue weighted by Gasteiger charge is 2.36. The molecule has 21 heteroatoms. The molecule has 0 saturated heterocycles. The number of hydrogen-bond donors (Lipinski definition) is 11. The highest BCUT2D eigenvalue weighted by atomic mass is 16.4. The Morgan fingerprint density at radius 3 is 1.19 bits per heavy atom. The molecular formula is C52H93N7O14. The molecule has 0 bridgehead atoms. The molecule has 0 aromatic carbocycles. The summed E-state index contributed by atoms with van der Waals surface area (Å²) in [5.41, 5.74) is 0. The summed E-state index contributed by atoms with van der Waals surface area (Å²) in [6.45, 7) is 21.8. The van der Waals surface area contributed by atoms with Gasteiger partial charge in [0.25, 0.3) is 0 Å². The molecule has 0 fully saturated rings. The lowest BCUT2D eigenvalue weighted by Gasteiger charge is -2.29. The van der Waals surface area contributed by atoms with Crippen LogP contribution in [0.4, 0.5) is 0 Å². The monoisotopic (exact) mass is 1040 g/mol. The molecule has 0 aromatic rings. The summed E-state index contributed by atoms with van der Waals surface area (Å²) in [4.78, 5) is 131. The molecule has 0 aliphatic rings. The number of aliphatic carboxylic acids is 3. The molecule has 9 atom stereocenters. The van der Waals surface area contributed by atoms with Gasteiger partial charge >= 0.3 is 17.9 Å². The minimum Gasteiger partial charge on any atom is -0.481 e. The fraction of sp³-hybridized carbons (Fsp3) is 0.808. The number of nitrogens with one attached hydrogen (secondary N) is 7. The second-order valence-electron chi connectivity index (χ2n) is 21.8. The third-order valence-electron chi connectivity index (χ3n) is 12.3. The number of carbonyl (C=O) groups is 10. The van der Waals surface area contributed by atoms with Crippen molar-refractivity contribution >= 4 is 59.3 Å². The first-order valence-corrected chi connectivity index (χ1v) is 26.4. The topological polar surface area (TPSA) is 336 Å². The van der Waals surface area contributed by atoms with E-state index in [0.717, 1.165) is 32.1 Å². The molecule has 420 valence electrons. The summed E-state index contributed by atoms with van der Waals surface area (Å²) in [5, 5.41) is 57.2. The van der Waals surface area contributed by atoms with Crippen LogP contribution in [0.15, 0.2) is 0 Å². The number of aliphatic hydroxyl groups excluding tert-OH is 1. The fourth-order valence-corrected chi connectivity index (χ4v) is 8.04. The normalized spacial score (nSPS) is 15.3. The zero-order valence-electron chi connectivity index (χ0n) is 45.8. The maximum Gasteiger partial charge on any atom is 0.326 e. The number of carbonyl (C=O) groups excluding carboxylic acids is 7. The van der Waals surface area contributed by atoms with Gasteiger partial charge in [-0.1, -0.05) is 128 Å². The van der Waals surface area contributed by atoms with Crippen molar-refractivity contribution in [3.8, 4) is 0 Å². The molecule has 0 rings (SSSR count). The second kappa shape index (κ2) is 35.7. The Hall–Kier alpha value is -5.34. The fourth-order valence-electron chi connectivity index (χ4n) is 8.04. The van der Waals surface area contributed by atoms with E-state index >= 15 is 0 Å². The number of unbranched alkanes of at least 4 members (excludes halogenated alkanes) is 4. The maximum absolute atomic E-state index is 14.1. The lowest BCUT2D eigenvalue weighted by molar-refractivity contribution is -0.143. The zero-order chi connectivity index (χ0) is 56.1. The molecule has 0 saturated carbocycles. The van der Waals surface area contributed by atoms with Crippen LogP contribution in [0, 0.1) is 35.5 Å². The molecule has 0 unspecified atom stereocenters. The minimum atomic E-state index is -1.75. The number of amides is 7. The lowest BCUT2D eigenvalue weighted by atomic mass is 9.98. The molecule has 0 aliphatic carbocycles. The molecule has 7 amide bonds. The average Bonchev–Trinajstić information content (AvgIpc) is 3.26. The van der Waals surface area contributed by atoms with E-state index in [9.17, 15) is 68.4 Å². The molecular weight excluding hydrogens is 947 g/mol. The summed E-state index contributed by atoms with van der Waals surface area (Å²) in [6, 6.07) is -9.65. The molecule has 11 N–H and O–H groups in total. The van der Waals surface area contributed by atoms with Crippen LogP contribution >= 0.6 is 0 Å². The third kappa shape index (κ3) is 30.5. The van der Waals surface area contributed by atoms with E-state index in [1.165, 1.54) is 6.42 Å². The Kier molecular flexibility index (Phi) is 33.1. The highest BCUT2D eigenvalue weighted by molar-refractivity contribution is 5.98. The maximum atomic E-state index is 14.1. The van der Waals surface area contributed by atoms with Crippen LogP contribution in [0.2, 0.25) is 0 Å². The smallest absolute Gasteiger partial charge is 0.326 e. The van der Waals surface area contributed by atoms with Crippen molar-refractivity contribution in [3.63, 3.8) is 0 Å². The molecule has 21 nitrogen and oxygen atoms in total. The summed E-state index contributed by atoms with van der Waals surface area (Å²) in [6.07, 6.45) is 4.75. The van der Waals surface area contributed by atoms with Crippen LogP contribution in [-0.4, -0.2) is 128 Å². The number of carboxylic acids is 3. The molecule has 0 aliphatic heterocycles. The van der Waals surface area contributed by atoms with Crippen LogP contribution in [-0.2, 0) is 47.9 Å². The Morgan fingerprint density at radius 2 is 0.781 bits per heavy atom. The van der Waals surface area contributed by atoms with E-state index in [0.29, 0.717) is 18.8 Å². The first kappa shape index (κ1) is 67.7. The number of aliphatic hydroxyl groups is 1. The summed E-state index contributed by atoms with van der Waals surface area (Å²) < 4.78 is 0. The van der Waals surface area contributed by atoms with Gasteiger partial charge in [-0.2, -0.15) is 0 Å². The molecule has 0 aromatic heterocycles. The van der Waals surface area contributed by atoms with Gasteiger partial charge in [-0.15, -0.1) is 0 Å². The predicted octanol–water partition coefficient (Wildman–Crippen LogP) is 4.17. The first-order valence-electron chi connectivity index (χ1n) is 26.4. The van der Waals surface area contributed by atoms with Crippen molar-refractivity contribution < 1.29 is 68.4 Å². The average molecular weight is 1040 g/mol. The van der Waals surface area contributed by atoms with Crippen LogP contribution < -0.4 is 37.2 Å². The van der Waals surface area contributed by atoms with Gasteiger partial charge in [0.1, 0.15) is 42.3 Å². The number of carboxylic acid groups (broad SMARTS) is 3. The highest BCUT2D eigenvalue weighted by Crippen LogP contribution is 2.17. The quantitative estimate of drug-likeness (QED) is 0.0385. The molecule has 0 radical (unpaired) electrons. The van der Waals surface area contributed by atoms with Gasteiger partial charge in [0, 0.05) is 6.42 Å². The summed E-state index contributed by atoms with van der Waals surface area (Å²) in [5.74, 6) is -10.6. The second-order valence-corrected chi connectivity index (χ2v) is 21.8. The van der Waals surface area contributed by atoms with Gasteiger partial charge < -0.3 is 57.6 Å². The van der Waals surface area contributed by atoms with E-state index in [1.807, 2.05) is 0 Å². The van der Waals surface area contributed by atoms with Crippen LogP contribution in [0.3, 0.4) is 0 Å². The van der Waals surface area contributed by atoms with E-state index in [2.05, 4.69) is 51.1 Å². The largest absolute Gasteiger partial charge is 0.481 e. The first-order chi connectivity index (χ1) is 34.0. The van der Waals surface area contributed by atoms with Crippen LogP contribution in [0.25, 0.3) is 0 Å². The van der Waals surface area contributed by atoms with Crippen molar-refractivity contribution in [1.82, 2.24) is 37.2 Å². The molecule has 0 heterocycles. The van der Waals surface area contributed by atoms with Gasteiger partial charge in [-0.3, -0.25) is 43.2 Å².